The van der Waals surface area contributed by atoms with E-state index in [1.165, 1.54) is 18.3 Å². The van der Waals surface area contributed by atoms with Crippen LogP contribution in [0, 0.1) is 0 Å². The zero-order chi connectivity index (χ0) is 12.7. The van der Waals surface area contributed by atoms with E-state index in [1.54, 1.807) is 12.0 Å². The van der Waals surface area contributed by atoms with Gasteiger partial charge in [0.15, 0.2) is 0 Å². The number of carbonyl (C=O) groups excluding carboxylic acids is 1. The minimum absolute atomic E-state index is 0.113. The van der Waals surface area contributed by atoms with Gasteiger partial charge in [-0.05, 0) is 6.07 Å². The highest BCUT2D eigenvalue weighted by Gasteiger charge is 2.14. The van der Waals surface area contributed by atoms with Crippen LogP contribution in [0.5, 0.6) is 0 Å². The van der Waals surface area contributed by atoms with Crippen molar-refractivity contribution in [2.45, 2.75) is 0 Å². The van der Waals surface area contributed by atoms with Crippen LogP contribution in [-0.4, -0.2) is 47.9 Å². The van der Waals surface area contributed by atoms with E-state index in [4.69, 9.17) is 4.74 Å². The number of H-pyrrole nitrogens is 1. The fourth-order valence-electron chi connectivity index (χ4n) is 1.34. The third-order valence-electron chi connectivity index (χ3n) is 2.24. The molecule has 0 atom stereocenters. The number of nitrogens with zero attached hydrogens (tertiary/aromatic N) is 1. The number of hydrogen-bond donors (Lipinski definition) is 1. The lowest BCUT2D eigenvalue weighted by Crippen LogP contribution is -2.35. The average molecular weight is 303 g/mol. The molecule has 94 valence electrons. The molecule has 0 saturated heterocycles. The number of halogens is 1. The van der Waals surface area contributed by atoms with Crippen molar-refractivity contribution in [1.29, 1.82) is 0 Å². The maximum atomic E-state index is 12.1. The van der Waals surface area contributed by atoms with E-state index in [-0.39, 0.29) is 11.5 Å². The number of ether oxygens (including phenoxy) is 1. The van der Waals surface area contributed by atoms with Gasteiger partial charge in [0, 0.05) is 37.8 Å². The maximum Gasteiger partial charge on any atom is 0.255 e. The van der Waals surface area contributed by atoms with E-state index < -0.39 is 0 Å². The number of alkyl halides is 1. The van der Waals surface area contributed by atoms with Crippen molar-refractivity contribution in [3.05, 3.63) is 34.2 Å². The van der Waals surface area contributed by atoms with Crippen LogP contribution in [0.15, 0.2) is 23.1 Å². The molecule has 0 aliphatic carbocycles. The first-order chi connectivity index (χ1) is 8.19. The quantitative estimate of drug-likeness (QED) is 0.793. The van der Waals surface area contributed by atoms with Crippen LogP contribution in [0.25, 0.3) is 0 Å². The lowest BCUT2D eigenvalue weighted by Gasteiger charge is -2.21. The van der Waals surface area contributed by atoms with Gasteiger partial charge < -0.3 is 14.6 Å². The Labute approximate surface area is 108 Å². The van der Waals surface area contributed by atoms with Crippen LogP contribution in [0.3, 0.4) is 0 Å². The Morgan fingerprint density at radius 1 is 1.47 bits per heavy atom. The summed E-state index contributed by atoms with van der Waals surface area (Å²) in [5.74, 6) is -0.113. The largest absolute Gasteiger partial charge is 0.383 e. The summed E-state index contributed by atoms with van der Waals surface area (Å²) < 4.78 is 4.96. The van der Waals surface area contributed by atoms with Crippen molar-refractivity contribution in [2.75, 3.05) is 32.1 Å². The van der Waals surface area contributed by atoms with Gasteiger partial charge in [0.1, 0.15) is 0 Å². The molecular weight excluding hydrogens is 288 g/mol. The molecule has 1 amide bonds. The van der Waals surface area contributed by atoms with Crippen molar-refractivity contribution >= 4 is 21.8 Å². The molecule has 0 aliphatic heterocycles. The molecule has 0 radical (unpaired) electrons. The molecule has 5 nitrogen and oxygen atoms in total. The lowest BCUT2D eigenvalue weighted by atomic mass is 10.2. The van der Waals surface area contributed by atoms with E-state index in [0.717, 1.165) is 0 Å². The van der Waals surface area contributed by atoms with Gasteiger partial charge in [-0.1, -0.05) is 15.9 Å². The highest BCUT2D eigenvalue weighted by molar-refractivity contribution is 9.09. The van der Waals surface area contributed by atoms with Crippen LogP contribution in [0.4, 0.5) is 0 Å². The molecule has 0 aromatic carbocycles. The molecule has 6 heteroatoms. The number of rotatable bonds is 6. The van der Waals surface area contributed by atoms with Gasteiger partial charge >= 0.3 is 0 Å². The monoisotopic (exact) mass is 302 g/mol. The van der Waals surface area contributed by atoms with Crippen LogP contribution in [0.1, 0.15) is 10.4 Å². The number of aromatic amines is 1. The molecule has 1 aromatic rings. The molecule has 1 N–H and O–H groups in total. The molecule has 0 aliphatic rings. The highest BCUT2D eigenvalue weighted by Crippen LogP contribution is 2.02. The first kappa shape index (κ1) is 13.9. The second kappa shape index (κ2) is 7.24. The molecule has 0 spiro atoms. The molecule has 17 heavy (non-hydrogen) atoms. The van der Waals surface area contributed by atoms with Crippen molar-refractivity contribution < 1.29 is 9.53 Å². The minimum atomic E-state index is -0.217. The number of aromatic nitrogens is 1. The van der Waals surface area contributed by atoms with Gasteiger partial charge in [-0.15, -0.1) is 0 Å². The van der Waals surface area contributed by atoms with Gasteiger partial charge in [0.2, 0.25) is 5.56 Å². The van der Waals surface area contributed by atoms with Crippen LogP contribution >= 0.6 is 15.9 Å². The first-order valence-corrected chi connectivity index (χ1v) is 6.34. The van der Waals surface area contributed by atoms with Gasteiger partial charge in [-0.2, -0.15) is 0 Å². The SMILES string of the molecule is COCCN(CCBr)C(=O)c1ccc(=O)[nH]c1. The zero-order valence-corrected chi connectivity index (χ0v) is 11.2. The normalized spacial score (nSPS) is 10.2. The lowest BCUT2D eigenvalue weighted by molar-refractivity contribution is 0.0708. The summed E-state index contributed by atoms with van der Waals surface area (Å²) >= 11 is 3.30. The summed E-state index contributed by atoms with van der Waals surface area (Å²) in [6.07, 6.45) is 1.43. The third kappa shape index (κ3) is 4.32. The molecule has 1 aromatic heterocycles. The number of nitrogens with one attached hydrogen (secondary N) is 1. The Morgan fingerprint density at radius 2 is 2.24 bits per heavy atom. The van der Waals surface area contributed by atoms with E-state index >= 15 is 0 Å². The van der Waals surface area contributed by atoms with Gasteiger partial charge in [0.25, 0.3) is 5.91 Å². The van der Waals surface area contributed by atoms with Crippen molar-refractivity contribution in [3.63, 3.8) is 0 Å². The molecule has 0 bridgehead atoms. The van der Waals surface area contributed by atoms with E-state index in [9.17, 15) is 9.59 Å². The molecule has 1 rings (SSSR count). The summed E-state index contributed by atoms with van der Waals surface area (Å²) in [5.41, 5.74) is 0.257. The first-order valence-electron chi connectivity index (χ1n) is 5.22. The van der Waals surface area contributed by atoms with E-state index in [2.05, 4.69) is 20.9 Å². The van der Waals surface area contributed by atoms with Gasteiger partial charge in [0.05, 0.1) is 12.2 Å². The summed E-state index contributed by atoms with van der Waals surface area (Å²) in [6, 6.07) is 2.87. The van der Waals surface area contributed by atoms with Crippen molar-refractivity contribution in [2.24, 2.45) is 0 Å². The Bertz CT molecular complexity index is 399. The number of amides is 1. The van der Waals surface area contributed by atoms with Crippen LogP contribution < -0.4 is 5.56 Å². The summed E-state index contributed by atoms with van der Waals surface area (Å²) in [4.78, 5) is 27.1. The number of methoxy groups -OCH3 is 1. The van der Waals surface area contributed by atoms with Crippen molar-refractivity contribution in [3.8, 4) is 0 Å². The average Bonchev–Trinajstić information content (AvgIpc) is 2.34. The maximum absolute atomic E-state index is 12.1. The Hall–Kier alpha value is -1.14. The minimum Gasteiger partial charge on any atom is -0.383 e. The summed E-state index contributed by atoms with van der Waals surface area (Å²) in [5, 5.41) is 0.700. The van der Waals surface area contributed by atoms with Crippen LogP contribution in [0.2, 0.25) is 0 Å². The smallest absolute Gasteiger partial charge is 0.255 e. The van der Waals surface area contributed by atoms with E-state index in [1.807, 2.05) is 0 Å². The summed E-state index contributed by atoms with van der Waals surface area (Å²) in [7, 11) is 1.59. The molecular formula is C11H15BrN2O3. The molecule has 0 fully saturated rings. The van der Waals surface area contributed by atoms with Crippen molar-refractivity contribution in [1.82, 2.24) is 9.88 Å². The van der Waals surface area contributed by atoms with Crippen LogP contribution in [-0.2, 0) is 4.74 Å². The molecule has 0 saturated carbocycles. The molecule has 1 heterocycles. The second-order valence-electron chi connectivity index (χ2n) is 3.42. The predicted octanol–water partition coefficient (Wildman–Crippen LogP) is 0.858. The van der Waals surface area contributed by atoms with Gasteiger partial charge in [-0.25, -0.2) is 0 Å². The Kier molecular flexibility index (Phi) is 5.93. The fraction of sp³-hybridized carbons (Fsp3) is 0.455. The topological polar surface area (TPSA) is 62.4 Å². The number of pyridine rings is 1. The Balaban J connectivity index is 2.75. The van der Waals surface area contributed by atoms with Gasteiger partial charge in [-0.3, -0.25) is 9.59 Å². The van der Waals surface area contributed by atoms with E-state index in [0.29, 0.717) is 30.6 Å². The predicted molar refractivity (Wildman–Crippen MR) is 68.6 cm³/mol. The number of carbonyl (C=O) groups is 1. The molecule has 0 unspecified atom stereocenters. The third-order valence-corrected chi connectivity index (χ3v) is 2.59. The highest BCUT2D eigenvalue weighted by atomic mass is 79.9. The number of hydrogen-bond acceptors (Lipinski definition) is 3. The standard InChI is InChI=1S/C11H15BrN2O3/c1-17-7-6-14(5-4-12)11(16)9-2-3-10(15)13-8-9/h2-3,8H,4-7H2,1H3,(H,13,15). The summed E-state index contributed by atoms with van der Waals surface area (Å²) in [6.45, 7) is 1.61. The Morgan fingerprint density at radius 3 is 2.76 bits per heavy atom. The zero-order valence-electron chi connectivity index (χ0n) is 9.61. The fourth-order valence-corrected chi connectivity index (χ4v) is 1.77. The second-order valence-corrected chi connectivity index (χ2v) is 4.21.